The van der Waals surface area contributed by atoms with Gasteiger partial charge in [0.2, 0.25) is 0 Å². The van der Waals surface area contributed by atoms with Gasteiger partial charge in [0.15, 0.2) is 5.82 Å². The predicted molar refractivity (Wildman–Crippen MR) is 135 cm³/mol. The zero-order valence-corrected chi connectivity index (χ0v) is 19.9. The highest BCUT2D eigenvalue weighted by atomic mass is 35.5. The van der Waals surface area contributed by atoms with Crippen molar-refractivity contribution in [3.63, 3.8) is 0 Å². The topological polar surface area (TPSA) is 87.6 Å². The van der Waals surface area contributed by atoms with E-state index in [9.17, 15) is 5.26 Å². The van der Waals surface area contributed by atoms with Gasteiger partial charge in [-0.25, -0.2) is 9.97 Å². The number of nitriles is 1. The lowest BCUT2D eigenvalue weighted by Crippen LogP contribution is -2.05. The number of anilines is 3. The van der Waals surface area contributed by atoms with Crippen LogP contribution in [0.25, 0.3) is 0 Å². The number of hydrogen-bond acceptors (Lipinski definition) is 6. The molecule has 0 aliphatic carbocycles. The fourth-order valence-electron chi connectivity index (χ4n) is 3.33. The summed E-state index contributed by atoms with van der Waals surface area (Å²) in [6, 6.07) is 23.1. The summed E-state index contributed by atoms with van der Waals surface area (Å²) >= 11 is 14.1. The minimum absolute atomic E-state index is 0.446. The van der Waals surface area contributed by atoms with E-state index in [-0.39, 0.29) is 0 Å². The zero-order chi connectivity index (χ0) is 23.4. The average molecular weight is 492 g/mol. The highest BCUT2D eigenvalue weighted by Gasteiger charge is 2.19. The second-order valence-corrected chi connectivity index (χ2v) is 9.19. The maximum atomic E-state index is 9.82. The molecule has 1 unspecified atom stereocenters. The molecule has 0 aliphatic heterocycles. The Labute approximate surface area is 206 Å². The Morgan fingerprint density at radius 3 is 2.45 bits per heavy atom. The van der Waals surface area contributed by atoms with E-state index in [0.717, 1.165) is 27.3 Å². The number of aromatic nitrogens is 2. The Morgan fingerprint density at radius 1 is 1.03 bits per heavy atom. The molecule has 0 saturated heterocycles. The van der Waals surface area contributed by atoms with Crippen LogP contribution in [0.3, 0.4) is 0 Å². The SMILES string of the molecule is Cc1cc(C(C#N)c2ccc(Cl)cc2)c(Cl)cc1Nc1ncnc(Sc2ccccc2)c1N. The van der Waals surface area contributed by atoms with E-state index in [0.29, 0.717) is 26.6 Å². The number of nitrogens with zero attached hydrogens (tertiary/aromatic N) is 3. The van der Waals surface area contributed by atoms with Crippen LogP contribution >= 0.6 is 35.0 Å². The van der Waals surface area contributed by atoms with E-state index < -0.39 is 5.92 Å². The van der Waals surface area contributed by atoms with E-state index in [1.165, 1.54) is 18.1 Å². The molecule has 4 aromatic rings. The third-order valence-electron chi connectivity index (χ3n) is 5.05. The zero-order valence-electron chi connectivity index (χ0n) is 17.6. The number of aryl methyl sites for hydroxylation is 1. The number of benzene rings is 3. The monoisotopic (exact) mass is 491 g/mol. The van der Waals surface area contributed by atoms with Gasteiger partial charge in [-0.3, -0.25) is 0 Å². The molecule has 0 amide bonds. The third kappa shape index (κ3) is 5.23. The van der Waals surface area contributed by atoms with Crippen LogP contribution in [0, 0.1) is 18.3 Å². The van der Waals surface area contributed by atoms with Gasteiger partial charge in [-0.05, 0) is 53.9 Å². The largest absolute Gasteiger partial charge is 0.394 e. The van der Waals surface area contributed by atoms with E-state index in [1.807, 2.05) is 55.5 Å². The second kappa shape index (κ2) is 10.1. The number of nitrogen functional groups attached to an aromatic ring is 1. The number of nitrogens with two attached hydrogens (primary N) is 1. The first kappa shape index (κ1) is 22.9. The molecule has 0 radical (unpaired) electrons. The van der Waals surface area contributed by atoms with Crippen molar-refractivity contribution in [3.05, 3.63) is 99.8 Å². The van der Waals surface area contributed by atoms with Gasteiger partial charge in [-0.15, -0.1) is 0 Å². The molecule has 3 aromatic carbocycles. The van der Waals surface area contributed by atoms with Gasteiger partial charge in [-0.1, -0.05) is 71.4 Å². The quantitative estimate of drug-likeness (QED) is 0.276. The standard InChI is InChI=1S/C25H19Cl2N5S/c1-15-11-19(20(13-28)16-7-9-17(26)10-8-16)21(27)12-22(15)32-24-23(29)25(31-14-30-24)33-18-5-3-2-4-6-18/h2-12,14,20H,29H2,1H3,(H,30,31,32). The lowest BCUT2D eigenvalue weighted by atomic mass is 9.91. The smallest absolute Gasteiger partial charge is 0.158 e. The summed E-state index contributed by atoms with van der Waals surface area (Å²) in [6.45, 7) is 1.94. The molecule has 164 valence electrons. The van der Waals surface area contributed by atoms with Gasteiger partial charge in [0, 0.05) is 20.6 Å². The van der Waals surface area contributed by atoms with Crippen LogP contribution in [0.2, 0.25) is 10.0 Å². The number of rotatable bonds is 6. The summed E-state index contributed by atoms with van der Waals surface area (Å²) in [5.74, 6) is -0.0228. The Morgan fingerprint density at radius 2 is 1.76 bits per heavy atom. The van der Waals surface area contributed by atoms with Crippen molar-refractivity contribution in [2.75, 3.05) is 11.1 Å². The number of hydrogen-bond donors (Lipinski definition) is 2. The first-order valence-electron chi connectivity index (χ1n) is 10.0. The molecular weight excluding hydrogens is 473 g/mol. The first-order valence-corrected chi connectivity index (χ1v) is 11.6. The van der Waals surface area contributed by atoms with Gasteiger partial charge in [0.1, 0.15) is 17.0 Å². The van der Waals surface area contributed by atoms with Gasteiger partial charge in [0.25, 0.3) is 0 Å². The molecule has 1 atom stereocenters. The van der Waals surface area contributed by atoms with Crippen LogP contribution in [-0.4, -0.2) is 9.97 Å². The fraction of sp³-hybridized carbons (Fsp3) is 0.0800. The van der Waals surface area contributed by atoms with Crippen LogP contribution in [-0.2, 0) is 0 Å². The highest BCUT2D eigenvalue weighted by molar-refractivity contribution is 7.99. The molecule has 0 spiro atoms. The molecule has 33 heavy (non-hydrogen) atoms. The van der Waals surface area contributed by atoms with Crippen molar-refractivity contribution >= 4 is 52.2 Å². The van der Waals surface area contributed by atoms with E-state index in [1.54, 1.807) is 18.2 Å². The molecule has 0 aliphatic rings. The van der Waals surface area contributed by atoms with Crippen LogP contribution in [0.15, 0.2) is 83.0 Å². The molecule has 0 bridgehead atoms. The summed E-state index contributed by atoms with van der Waals surface area (Å²) in [4.78, 5) is 9.66. The van der Waals surface area contributed by atoms with Gasteiger partial charge >= 0.3 is 0 Å². The summed E-state index contributed by atoms with van der Waals surface area (Å²) in [6.07, 6.45) is 1.47. The van der Waals surface area contributed by atoms with Gasteiger partial charge in [-0.2, -0.15) is 5.26 Å². The van der Waals surface area contributed by atoms with Crippen molar-refractivity contribution in [2.45, 2.75) is 22.8 Å². The molecule has 8 heteroatoms. The summed E-state index contributed by atoms with van der Waals surface area (Å²) in [5, 5.41) is 14.8. The minimum Gasteiger partial charge on any atom is -0.394 e. The summed E-state index contributed by atoms with van der Waals surface area (Å²) < 4.78 is 0. The molecule has 4 rings (SSSR count). The van der Waals surface area contributed by atoms with Gasteiger partial charge < -0.3 is 11.1 Å². The van der Waals surface area contributed by atoms with Gasteiger partial charge in [0.05, 0.1) is 12.0 Å². The Kier molecular flexibility index (Phi) is 7.05. The maximum Gasteiger partial charge on any atom is 0.158 e. The van der Waals surface area contributed by atoms with Crippen molar-refractivity contribution in [2.24, 2.45) is 0 Å². The van der Waals surface area contributed by atoms with Crippen LogP contribution in [0.4, 0.5) is 17.2 Å². The Balaban J connectivity index is 1.62. The molecule has 5 nitrogen and oxygen atoms in total. The van der Waals surface area contributed by atoms with Crippen LogP contribution in [0.5, 0.6) is 0 Å². The predicted octanol–water partition coefficient (Wildman–Crippen LogP) is 7.22. The first-order chi connectivity index (χ1) is 16.0. The maximum absolute atomic E-state index is 9.82. The van der Waals surface area contributed by atoms with Crippen LogP contribution in [0.1, 0.15) is 22.6 Å². The lowest BCUT2D eigenvalue weighted by Gasteiger charge is -2.17. The molecular formula is C25H19Cl2N5S. The van der Waals surface area contributed by atoms with Crippen LogP contribution < -0.4 is 11.1 Å². The molecule has 3 N–H and O–H groups in total. The highest BCUT2D eigenvalue weighted by Crippen LogP contribution is 2.37. The Bertz CT molecular complexity index is 1320. The summed E-state index contributed by atoms with van der Waals surface area (Å²) in [7, 11) is 0. The normalized spacial score (nSPS) is 11.6. The van der Waals surface area contributed by atoms with Crippen molar-refractivity contribution in [3.8, 4) is 6.07 Å². The number of halogens is 2. The average Bonchev–Trinajstić information content (AvgIpc) is 2.82. The van der Waals surface area contributed by atoms with E-state index >= 15 is 0 Å². The van der Waals surface area contributed by atoms with Crippen molar-refractivity contribution in [1.29, 1.82) is 5.26 Å². The molecule has 0 fully saturated rings. The summed E-state index contributed by atoms with van der Waals surface area (Å²) in [5.41, 5.74) is 10.0. The molecule has 1 aromatic heterocycles. The van der Waals surface area contributed by atoms with Crippen molar-refractivity contribution in [1.82, 2.24) is 9.97 Å². The lowest BCUT2D eigenvalue weighted by molar-refractivity contribution is 1.03. The second-order valence-electron chi connectivity index (χ2n) is 7.28. The molecule has 1 heterocycles. The number of nitrogens with one attached hydrogen (secondary N) is 1. The molecule has 0 saturated carbocycles. The third-order valence-corrected chi connectivity index (χ3v) is 6.65. The minimum atomic E-state index is -0.513. The van der Waals surface area contributed by atoms with Crippen molar-refractivity contribution < 1.29 is 0 Å². The van der Waals surface area contributed by atoms with E-state index in [2.05, 4.69) is 21.4 Å². The van der Waals surface area contributed by atoms with E-state index in [4.69, 9.17) is 28.9 Å². The Hall–Kier alpha value is -3.24. The fourth-order valence-corrected chi connectivity index (χ4v) is 4.55.